The van der Waals surface area contributed by atoms with E-state index in [2.05, 4.69) is 6.92 Å². The molecule has 8 heavy (non-hydrogen) atoms. The maximum Gasteiger partial charge on any atom is -0.0103 e. The van der Waals surface area contributed by atoms with Crippen LogP contribution in [-0.4, -0.2) is 0 Å². The van der Waals surface area contributed by atoms with Gasteiger partial charge in [0.05, 0.1) is 0 Å². The Morgan fingerprint density at radius 1 is 1.38 bits per heavy atom. The van der Waals surface area contributed by atoms with E-state index < -0.39 is 0 Å². The van der Waals surface area contributed by atoms with Gasteiger partial charge in [0, 0.05) is 0 Å². The molecule has 0 aliphatic heterocycles. The van der Waals surface area contributed by atoms with E-state index in [4.69, 9.17) is 5.73 Å². The third-order valence-corrected chi connectivity index (χ3v) is 1.11. The van der Waals surface area contributed by atoms with Gasteiger partial charge in [-0.1, -0.05) is 25.8 Å². The normalized spacial score (nSPS) is 10.6. The first-order valence-corrected chi connectivity index (χ1v) is 3.28. The standard InChI is InChI=1S/C7H15N/c1-2-3-4-5-6-7-8/h6-7H,2-5,8H2,1H3. The van der Waals surface area contributed by atoms with Crippen LogP contribution in [0.5, 0.6) is 0 Å². The van der Waals surface area contributed by atoms with E-state index in [0.717, 1.165) is 6.42 Å². The molecule has 48 valence electrons. The van der Waals surface area contributed by atoms with Crippen LogP contribution in [0.25, 0.3) is 0 Å². The highest BCUT2D eigenvalue weighted by atomic mass is 14.5. The monoisotopic (exact) mass is 113 g/mol. The fraction of sp³-hybridized carbons (Fsp3) is 0.714. The smallest absolute Gasteiger partial charge is 0.0103 e. The van der Waals surface area contributed by atoms with Gasteiger partial charge in [-0.2, -0.15) is 0 Å². The molecule has 0 rings (SSSR count). The van der Waals surface area contributed by atoms with Crippen LogP contribution >= 0.6 is 0 Å². The summed E-state index contributed by atoms with van der Waals surface area (Å²) in [5.41, 5.74) is 5.13. The van der Waals surface area contributed by atoms with Gasteiger partial charge in [-0.3, -0.25) is 0 Å². The van der Waals surface area contributed by atoms with Crippen molar-refractivity contribution < 1.29 is 0 Å². The number of hydrogen-bond acceptors (Lipinski definition) is 1. The molecule has 0 radical (unpaired) electrons. The Balaban J connectivity index is 2.72. The Morgan fingerprint density at radius 3 is 2.62 bits per heavy atom. The van der Waals surface area contributed by atoms with E-state index in [-0.39, 0.29) is 0 Å². The van der Waals surface area contributed by atoms with Gasteiger partial charge in [-0.15, -0.1) is 0 Å². The summed E-state index contributed by atoms with van der Waals surface area (Å²) in [4.78, 5) is 0. The maximum atomic E-state index is 5.13. The number of allylic oxidation sites excluding steroid dienone is 1. The Labute approximate surface area is 51.6 Å². The Kier molecular flexibility index (Phi) is 6.16. The van der Waals surface area contributed by atoms with Crippen molar-refractivity contribution in [1.29, 1.82) is 0 Å². The lowest BCUT2D eigenvalue weighted by Crippen LogP contribution is -1.76. The summed E-state index contributed by atoms with van der Waals surface area (Å²) in [5, 5.41) is 0. The maximum absolute atomic E-state index is 5.13. The van der Waals surface area contributed by atoms with Gasteiger partial charge in [0.25, 0.3) is 0 Å². The first-order chi connectivity index (χ1) is 3.91. The van der Waals surface area contributed by atoms with Crippen molar-refractivity contribution in [2.75, 3.05) is 0 Å². The molecule has 0 unspecified atom stereocenters. The van der Waals surface area contributed by atoms with Gasteiger partial charge in [0.2, 0.25) is 0 Å². The number of nitrogens with two attached hydrogens (primary N) is 1. The summed E-state index contributed by atoms with van der Waals surface area (Å²) >= 11 is 0. The zero-order valence-corrected chi connectivity index (χ0v) is 5.56. The molecule has 1 nitrogen and oxygen atoms in total. The minimum atomic E-state index is 1.14. The lowest BCUT2D eigenvalue weighted by Gasteiger charge is -1.88. The lowest BCUT2D eigenvalue weighted by atomic mass is 10.2. The summed E-state index contributed by atoms with van der Waals surface area (Å²) in [6.07, 6.45) is 8.67. The summed E-state index contributed by atoms with van der Waals surface area (Å²) in [5.74, 6) is 0. The molecular weight excluding hydrogens is 98.1 g/mol. The molecule has 0 amide bonds. The SMILES string of the molecule is CCCCCC=CN. The van der Waals surface area contributed by atoms with Gasteiger partial charge in [0.15, 0.2) is 0 Å². The molecule has 2 N–H and O–H groups in total. The van der Waals surface area contributed by atoms with Crippen LogP contribution in [0, 0.1) is 0 Å². The molecule has 0 saturated heterocycles. The van der Waals surface area contributed by atoms with Crippen molar-refractivity contribution in [3.05, 3.63) is 12.3 Å². The van der Waals surface area contributed by atoms with Crippen molar-refractivity contribution >= 4 is 0 Å². The summed E-state index contributed by atoms with van der Waals surface area (Å²) in [6, 6.07) is 0. The largest absolute Gasteiger partial charge is 0.405 e. The minimum Gasteiger partial charge on any atom is -0.405 e. The number of rotatable bonds is 4. The molecule has 1 heteroatoms. The Hall–Kier alpha value is -0.460. The van der Waals surface area contributed by atoms with Crippen LogP contribution in [0.1, 0.15) is 32.6 Å². The average Bonchev–Trinajstić information content (AvgIpc) is 1.81. The van der Waals surface area contributed by atoms with Gasteiger partial charge in [0.1, 0.15) is 0 Å². The predicted molar refractivity (Wildman–Crippen MR) is 37.5 cm³/mol. The second-order valence-corrected chi connectivity index (χ2v) is 1.92. The second kappa shape index (κ2) is 6.54. The molecule has 0 atom stereocenters. The zero-order valence-electron chi connectivity index (χ0n) is 5.56. The quantitative estimate of drug-likeness (QED) is 0.555. The van der Waals surface area contributed by atoms with Crippen molar-refractivity contribution in [2.45, 2.75) is 32.6 Å². The molecular formula is C7H15N. The molecule has 0 aliphatic carbocycles. The van der Waals surface area contributed by atoms with Crippen molar-refractivity contribution in [3.63, 3.8) is 0 Å². The first kappa shape index (κ1) is 7.54. The van der Waals surface area contributed by atoms with E-state index in [9.17, 15) is 0 Å². The highest BCUT2D eigenvalue weighted by molar-refractivity contribution is 4.74. The Morgan fingerprint density at radius 2 is 2.12 bits per heavy atom. The Bertz CT molecular complexity index is 57.4. The molecule has 0 aromatic rings. The summed E-state index contributed by atoms with van der Waals surface area (Å²) in [7, 11) is 0. The zero-order chi connectivity index (χ0) is 6.24. The predicted octanol–water partition coefficient (Wildman–Crippen LogP) is 2.04. The summed E-state index contributed by atoms with van der Waals surface area (Å²) in [6.45, 7) is 2.20. The molecule has 0 aromatic heterocycles. The van der Waals surface area contributed by atoms with Crippen molar-refractivity contribution in [1.82, 2.24) is 0 Å². The highest BCUT2D eigenvalue weighted by Gasteiger charge is 1.78. The fourth-order valence-electron chi connectivity index (χ4n) is 0.608. The van der Waals surface area contributed by atoms with Crippen LogP contribution in [0.15, 0.2) is 12.3 Å². The van der Waals surface area contributed by atoms with E-state index >= 15 is 0 Å². The van der Waals surface area contributed by atoms with Crippen molar-refractivity contribution in [3.8, 4) is 0 Å². The molecule has 0 saturated carbocycles. The second-order valence-electron chi connectivity index (χ2n) is 1.92. The molecule has 0 bridgehead atoms. The van der Waals surface area contributed by atoms with Gasteiger partial charge >= 0.3 is 0 Å². The molecule has 0 fully saturated rings. The van der Waals surface area contributed by atoms with E-state index in [1.165, 1.54) is 19.3 Å². The van der Waals surface area contributed by atoms with E-state index in [0.29, 0.717) is 0 Å². The fourth-order valence-corrected chi connectivity index (χ4v) is 0.608. The molecule has 0 aliphatic rings. The average molecular weight is 113 g/mol. The van der Waals surface area contributed by atoms with Gasteiger partial charge in [-0.05, 0) is 19.0 Å². The van der Waals surface area contributed by atoms with E-state index in [1.54, 1.807) is 6.20 Å². The van der Waals surface area contributed by atoms with E-state index in [1.807, 2.05) is 6.08 Å². The van der Waals surface area contributed by atoms with Crippen LogP contribution in [-0.2, 0) is 0 Å². The van der Waals surface area contributed by atoms with Crippen molar-refractivity contribution in [2.24, 2.45) is 5.73 Å². The number of hydrogen-bond donors (Lipinski definition) is 1. The third-order valence-electron chi connectivity index (χ3n) is 1.11. The molecule has 0 spiro atoms. The van der Waals surface area contributed by atoms with Crippen LogP contribution in [0.2, 0.25) is 0 Å². The highest BCUT2D eigenvalue weighted by Crippen LogP contribution is 1.97. The minimum absolute atomic E-state index is 1.14. The van der Waals surface area contributed by atoms with Crippen LogP contribution in [0.3, 0.4) is 0 Å². The first-order valence-electron chi connectivity index (χ1n) is 3.28. The molecule has 0 aromatic carbocycles. The molecule has 0 heterocycles. The number of unbranched alkanes of at least 4 members (excludes halogenated alkanes) is 3. The summed E-state index contributed by atoms with van der Waals surface area (Å²) < 4.78 is 0. The topological polar surface area (TPSA) is 26.0 Å². The van der Waals surface area contributed by atoms with Gasteiger partial charge in [-0.25, -0.2) is 0 Å². The van der Waals surface area contributed by atoms with Crippen LogP contribution < -0.4 is 5.73 Å². The van der Waals surface area contributed by atoms with Crippen LogP contribution in [0.4, 0.5) is 0 Å². The third kappa shape index (κ3) is 5.54. The van der Waals surface area contributed by atoms with Gasteiger partial charge < -0.3 is 5.73 Å². The lowest BCUT2D eigenvalue weighted by molar-refractivity contribution is 0.729.